The van der Waals surface area contributed by atoms with Gasteiger partial charge in [-0.3, -0.25) is 4.99 Å². The molecule has 24 heavy (non-hydrogen) atoms. The highest BCUT2D eigenvalue weighted by molar-refractivity contribution is 6.00. The fraction of sp³-hybridized carbons (Fsp3) is 0.300. The Labute approximate surface area is 142 Å². The summed E-state index contributed by atoms with van der Waals surface area (Å²) in [5.41, 5.74) is 4.91. The van der Waals surface area contributed by atoms with E-state index < -0.39 is 0 Å². The van der Waals surface area contributed by atoms with E-state index in [2.05, 4.69) is 19.1 Å². The van der Waals surface area contributed by atoms with Crippen molar-refractivity contribution in [3.05, 3.63) is 64.7 Å². The van der Waals surface area contributed by atoms with Gasteiger partial charge in [-0.15, -0.1) is 0 Å². The molecule has 1 unspecified atom stereocenters. The van der Waals surface area contributed by atoms with Crippen LogP contribution in [0.4, 0.5) is 0 Å². The number of rotatable bonds is 3. The first kappa shape index (κ1) is 16.2. The number of methoxy groups -OCH3 is 1. The predicted octanol–water partition coefficient (Wildman–Crippen LogP) is 4.11. The molecule has 0 aliphatic carbocycles. The molecule has 4 heteroatoms. The normalized spacial score (nSPS) is 17.0. The number of fused-ring (bicyclic) bond motifs is 1. The minimum Gasteiger partial charge on any atom is -0.493 e. The van der Waals surface area contributed by atoms with Crippen molar-refractivity contribution in [2.45, 2.75) is 26.3 Å². The molecule has 0 amide bonds. The van der Waals surface area contributed by atoms with E-state index in [4.69, 9.17) is 14.5 Å². The number of hydrogen-bond acceptors (Lipinski definition) is 4. The summed E-state index contributed by atoms with van der Waals surface area (Å²) in [4.78, 5) is 16.6. The third-order valence-electron chi connectivity index (χ3n) is 4.33. The smallest absolute Gasteiger partial charge is 0.337 e. The minimum absolute atomic E-state index is 0.0417. The van der Waals surface area contributed by atoms with Gasteiger partial charge in [-0.25, -0.2) is 4.79 Å². The molecule has 0 aromatic heterocycles. The maximum Gasteiger partial charge on any atom is 0.337 e. The van der Waals surface area contributed by atoms with Crippen molar-refractivity contribution >= 4 is 11.7 Å². The zero-order valence-corrected chi connectivity index (χ0v) is 14.2. The van der Waals surface area contributed by atoms with Gasteiger partial charge in [0.1, 0.15) is 5.75 Å². The number of hydrogen-bond donors (Lipinski definition) is 0. The van der Waals surface area contributed by atoms with Crippen molar-refractivity contribution < 1.29 is 14.3 Å². The number of nitrogens with zero attached hydrogens (tertiary/aromatic N) is 1. The Kier molecular flexibility index (Phi) is 4.65. The van der Waals surface area contributed by atoms with Gasteiger partial charge < -0.3 is 9.47 Å². The molecule has 0 bridgehead atoms. The molecule has 2 aromatic rings. The lowest BCUT2D eigenvalue weighted by Crippen LogP contribution is -2.15. The lowest BCUT2D eigenvalue weighted by Gasteiger charge is -2.24. The topological polar surface area (TPSA) is 47.9 Å². The van der Waals surface area contributed by atoms with E-state index in [0.29, 0.717) is 12.2 Å². The highest BCUT2D eigenvalue weighted by Crippen LogP contribution is 2.35. The quantitative estimate of drug-likeness (QED) is 0.631. The molecule has 0 N–H and O–H groups in total. The number of aliphatic imine (C=N–C) groups is 1. The Morgan fingerprint density at radius 3 is 2.79 bits per heavy atom. The Morgan fingerprint density at radius 2 is 2.04 bits per heavy atom. The van der Waals surface area contributed by atoms with Crippen molar-refractivity contribution in [3.8, 4) is 5.75 Å². The third-order valence-corrected chi connectivity index (χ3v) is 4.33. The van der Waals surface area contributed by atoms with Gasteiger partial charge in [0.2, 0.25) is 0 Å². The summed E-state index contributed by atoms with van der Waals surface area (Å²) in [5, 5.41) is 0. The molecule has 0 saturated heterocycles. The van der Waals surface area contributed by atoms with E-state index in [9.17, 15) is 4.79 Å². The monoisotopic (exact) mass is 323 g/mol. The average Bonchev–Trinajstić information content (AvgIpc) is 2.61. The molecule has 4 nitrogen and oxygen atoms in total. The number of esters is 1. The second kappa shape index (κ2) is 6.87. The van der Waals surface area contributed by atoms with E-state index in [-0.39, 0.29) is 12.0 Å². The van der Waals surface area contributed by atoms with Crippen LogP contribution >= 0.6 is 0 Å². The molecule has 3 rings (SSSR count). The first-order valence-electron chi connectivity index (χ1n) is 8.05. The zero-order valence-electron chi connectivity index (χ0n) is 14.2. The highest BCUT2D eigenvalue weighted by atomic mass is 16.5. The van der Waals surface area contributed by atoms with Crippen LogP contribution in [-0.4, -0.2) is 25.4 Å². The Hall–Kier alpha value is -2.62. The van der Waals surface area contributed by atoms with Crippen molar-refractivity contribution in [1.29, 1.82) is 0 Å². The first-order chi connectivity index (χ1) is 11.6. The Morgan fingerprint density at radius 1 is 1.25 bits per heavy atom. The molecule has 0 saturated carbocycles. The van der Waals surface area contributed by atoms with E-state index in [0.717, 1.165) is 29.0 Å². The molecule has 2 aromatic carbocycles. The summed E-state index contributed by atoms with van der Waals surface area (Å²) in [6, 6.07) is 13.7. The van der Waals surface area contributed by atoms with E-state index in [1.165, 1.54) is 12.7 Å². The summed E-state index contributed by atoms with van der Waals surface area (Å²) >= 11 is 0. The Bertz CT molecular complexity index is 795. The molecule has 0 radical (unpaired) electrons. The fourth-order valence-corrected chi connectivity index (χ4v) is 3.03. The van der Waals surface area contributed by atoms with Gasteiger partial charge in [0.05, 0.1) is 25.3 Å². The molecule has 1 atom stereocenters. The van der Waals surface area contributed by atoms with Crippen LogP contribution in [0.5, 0.6) is 5.75 Å². The van der Waals surface area contributed by atoms with Gasteiger partial charge in [0.15, 0.2) is 0 Å². The van der Waals surface area contributed by atoms with Gasteiger partial charge in [-0.1, -0.05) is 30.3 Å². The lowest BCUT2D eigenvalue weighted by atomic mass is 9.98. The molecular weight excluding hydrogens is 302 g/mol. The molecule has 1 aliphatic rings. The summed E-state index contributed by atoms with van der Waals surface area (Å²) in [7, 11) is 1.38. The minimum atomic E-state index is -0.358. The van der Waals surface area contributed by atoms with Crippen LogP contribution in [0.25, 0.3) is 0 Å². The average molecular weight is 323 g/mol. The van der Waals surface area contributed by atoms with Crippen LogP contribution in [0.3, 0.4) is 0 Å². The number of aryl methyl sites for hydroxylation is 1. The third kappa shape index (κ3) is 3.18. The number of carbonyl (C=O) groups excluding carboxylic acids is 1. The van der Waals surface area contributed by atoms with Crippen molar-refractivity contribution in [3.63, 3.8) is 0 Å². The maximum absolute atomic E-state index is 11.7. The molecule has 124 valence electrons. The number of benzene rings is 2. The molecular formula is C20H21NO3. The fourth-order valence-electron chi connectivity index (χ4n) is 3.03. The van der Waals surface area contributed by atoms with Gasteiger partial charge >= 0.3 is 5.97 Å². The lowest BCUT2D eigenvalue weighted by molar-refractivity contribution is 0.0600. The summed E-state index contributed by atoms with van der Waals surface area (Å²) < 4.78 is 10.5. The van der Waals surface area contributed by atoms with E-state index in [1.807, 2.05) is 25.1 Å². The van der Waals surface area contributed by atoms with Gasteiger partial charge in [0, 0.05) is 17.7 Å². The Balaban J connectivity index is 1.94. The SMILES string of the molecule is COC(=O)c1ccc2c(c1)OCCC2N=C(C)c1ccccc1C. The molecule has 1 aliphatic heterocycles. The van der Waals surface area contributed by atoms with Crippen molar-refractivity contribution in [2.75, 3.05) is 13.7 Å². The predicted molar refractivity (Wildman–Crippen MR) is 94.0 cm³/mol. The zero-order chi connectivity index (χ0) is 17.1. The van der Waals surface area contributed by atoms with Crippen LogP contribution in [0.2, 0.25) is 0 Å². The largest absolute Gasteiger partial charge is 0.493 e. The van der Waals surface area contributed by atoms with Gasteiger partial charge in [-0.2, -0.15) is 0 Å². The second-order valence-electron chi connectivity index (χ2n) is 5.93. The van der Waals surface area contributed by atoms with Crippen molar-refractivity contribution in [2.24, 2.45) is 4.99 Å². The first-order valence-corrected chi connectivity index (χ1v) is 8.05. The van der Waals surface area contributed by atoms with Crippen LogP contribution < -0.4 is 4.74 Å². The van der Waals surface area contributed by atoms with Gasteiger partial charge in [0.25, 0.3) is 0 Å². The van der Waals surface area contributed by atoms with Crippen molar-refractivity contribution in [1.82, 2.24) is 0 Å². The summed E-state index contributed by atoms with van der Waals surface area (Å²) in [5.74, 6) is 0.360. The highest BCUT2D eigenvalue weighted by Gasteiger charge is 2.23. The summed E-state index contributed by atoms with van der Waals surface area (Å²) in [6.45, 7) is 4.72. The van der Waals surface area contributed by atoms with Crippen LogP contribution in [0, 0.1) is 6.92 Å². The molecule has 0 spiro atoms. The standard InChI is InChI=1S/C20H21NO3/c1-13-6-4-5-7-16(13)14(2)21-18-10-11-24-19-12-15(20(22)23-3)8-9-17(18)19/h4-9,12,18H,10-11H2,1-3H3. The van der Waals surface area contributed by atoms with E-state index >= 15 is 0 Å². The molecule has 0 fully saturated rings. The summed E-state index contributed by atoms with van der Waals surface area (Å²) in [6.07, 6.45) is 0.827. The van der Waals surface area contributed by atoms with Gasteiger partial charge in [-0.05, 0) is 37.1 Å². The number of ether oxygens (including phenoxy) is 2. The second-order valence-corrected chi connectivity index (χ2v) is 5.93. The number of carbonyl (C=O) groups is 1. The van der Waals surface area contributed by atoms with Crippen LogP contribution in [-0.2, 0) is 4.74 Å². The molecule has 1 heterocycles. The van der Waals surface area contributed by atoms with Crippen LogP contribution in [0.1, 0.15) is 46.4 Å². The van der Waals surface area contributed by atoms with E-state index in [1.54, 1.807) is 12.1 Å². The van der Waals surface area contributed by atoms with Crippen LogP contribution in [0.15, 0.2) is 47.5 Å². The maximum atomic E-state index is 11.7.